The molecule has 5 nitrogen and oxygen atoms in total. The molecule has 1 saturated heterocycles. The third-order valence-electron chi connectivity index (χ3n) is 4.43. The van der Waals surface area contributed by atoms with Crippen molar-refractivity contribution in [1.82, 2.24) is 14.8 Å². The van der Waals surface area contributed by atoms with Crippen molar-refractivity contribution in [3.63, 3.8) is 0 Å². The molecule has 0 bridgehead atoms. The van der Waals surface area contributed by atoms with E-state index in [1.807, 2.05) is 17.0 Å². The van der Waals surface area contributed by atoms with E-state index in [4.69, 9.17) is 0 Å². The molecule has 0 radical (unpaired) electrons. The minimum Gasteiger partial charge on any atom is -0.339 e. The van der Waals surface area contributed by atoms with Crippen LogP contribution < -0.4 is 0 Å². The first-order valence-electron chi connectivity index (χ1n) is 7.81. The summed E-state index contributed by atoms with van der Waals surface area (Å²) in [6.07, 6.45) is 7.80. The Kier molecular flexibility index (Phi) is 4.22. The predicted molar refractivity (Wildman–Crippen MR) is 83.7 cm³/mol. The molecule has 2 amide bonds. The zero-order valence-corrected chi connectivity index (χ0v) is 12.8. The van der Waals surface area contributed by atoms with E-state index in [0.29, 0.717) is 32.1 Å². The van der Waals surface area contributed by atoms with Gasteiger partial charge in [-0.05, 0) is 30.0 Å². The molecule has 1 aliphatic heterocycles. The number of aromatic nitrogens is 1. The average Bonchev–Trinajstić information content (AvgIpc) is 3.30. The smallest absolute Gasteiger partial charge is 0.246 e. The molecular weight excluding hydrogens is 278 g/mol. The van der Waals surface area contributed by atoms with Crippen LogP contribution in [0.4, 0.5) is 0 Å². The Morgan fingerprint density at radius 3 is 2.50 bits per heavy atom. The number of hydrogen-bond acceptors (Lipinski definition) is 3. The third kappa shape index (κ3) is 3.35. The van der Waals surface area contributed by atoms with Crippen LogP contribution in [-0.2, 0) is 9.59 Å². The van der Waals surface area contributed by atoms with Crippen LogP contribution in [0.3, 0.4) is 0 Å². The van der Waals surface area contributed by atoms with Crippen molar-refractivity contribution in [2.24, 2.45) is 11.8 Å². The number of carbonyl (C=O) groups is 2. The van der Waals surface area contributed by atoms with Crippen molar-refractivity contribution >= 4 is 17.9 Å². The molecule has 5 heteroatoms. The molecule has 0 spiro atoms. The van der Waals surface area contributed by atoms with E-state index < -0.39 is 0 Å². The monoisotopic (exact) mass is 299 g/mol. The van der Waals surface area contributed by atoms with Crippen molar-refractivity contribution in [3.05, 3.63) is 36.2 Å². The molecule has 1 saturated carbocycles. The summed E-state index contributed by atoms with van der Waals surface area (Å²) in [7, 11) is 0. The van der Waals surface area contributed by atoms with Crippen LogP contribution in [-0.4, -0.2) is 52.8 Å². The summed E-state index contributed by atoms with van der Waals surface area (Å²) in [5, 5.41) is 0. The van der Waals surface area contributed by atoms with Crippen molar-refractivity contribution in [2.75, 3.05) is 26.2 Å². The van der Waals surface area contributed by atoms with Gasteiger partial charge in [0.15, 0.2) is 0 Å². The van der Waals surface area contributed by atoms with E-state index >= 15 is 0 Å². The van der Waals surface area contributed by atoms with Crippen molar-refractivity contribution in [1.29, 1.82) is 0 Å². The van der Waals surface area contributed by atoms with E-state index in [0.717, 1.165) is 12.0 Å². The number of carbonyl (C=O) groups excluding carboxylic acids is 2. The second kappa shape index (κ2) is 6.30. The van der Waals surface area contributed by atoms with Gasteiger partial charge in [-0.25, -0.2) is 0 Å². The summed E-state index contributed by atoms with van der Waals surface area (Å²) in [6.45, 7) is 4.64. The Balaban J connectivity index is 1.49. The van der Waals surface area contributed by atoms with E-state index in [1.54, 1.807) is 29.4 Å². The molecular formula is C17H21N3O2. The molecule has 2 aliphatic rings. The molecule has 1 aromatic rings. The van der Waals surface area contributed by atoms with Crippen LogP contribution in [0.25, 0.3) is 6.08 Å². The summed E-state index contributed by atoms with van der Waals surface area (Å²) in [4.78, 5) is 32.0. The lowest BCUT2D eigenvalue weighted by Gasteiger charge is -2.34. The number of nitrogens with zero attached hydrogens (tertiary/aromatic N) is 3. The van der Waals surface area contributed by atoms with Gasteiger partial charge in [-0.1, -0.05) is 13.0 Å². The number of hydrogen-bond donors (Lipinski definition) is 0. The lowest BCUT2D eigenvalue weighted by atomic mass is 10.2. The second-order valence-electron chi connectivity index (χ2n) is 6.09. The van der Waals surface area contributed by atoms with Gasteiger partial charge in [0.1, 0.15) is 0 Å². The molecule has 116 valence electrons. The molecule has 0 N–H and O–H groups in total. The molecule has 1 aliphatic carbocycles. The summed E-state index contributed by atoms with van der Waals surface area (Å²) in [6, 6.07) is 3.75. The van der Waals surface area contributed by atoms with Gasteiger partial charge >= 0.3 is 0 Å². The first-order valence-corrected chi connectivity index (χ1v) is 7.81. The Hall–Kier alpha value is -2.17. The van der Waals surface area contributed by atoms with E-state index in [1.165, 1.54) is 0 Å². The Morgan fingerprint density at radius 2 is 1.91 bits per heavy atom. The molecule has 2 atom stereocenters. The van der Waals surface area contributed by atoms with Crippen LogP contribution >= 0.6 is 0 Å². The highest BCUT2D eigenvalue weighted by Crippen LogP contribution is 2.39. The first kappa shape index (κ1) is 14.8. The maximum atomic E-state index is 12.2. The summed E-state index contributed by atoms with van der Waals surface area (Å²) < 4.78 is 0. The fourth-order valence-electron chi connectivity index (χ4n) is 2.80. The zero-order chi connectivity index (χ0) is 15.5. The van der Waals surface area contributed by atoms with Gasteiger partial charge in [-0.2, -0.15) is 0 Å². The van der Waals surface area contributed by atoms with Crippen LogP contribution in [0.2, 0.25) is 0 Å². The maximum absolute atomic E-state index is 12.2. The van der Waals surface area contributed by atoms with Gasteiger partial charge in [-0.15, -0.1) is 0 Å². The van der Waals surface area contributed by atoms with Gasteiger partial charge in [-0.3, -0.25) is 14.6 Å². The number of amides is 2. The van der Waals surface area contributed by atoms with Crippen LogP contribution in [0.1, 0.15) is 18.9 Å². The topological polar surface area (TPSA) is 53.5 Å². The Morgan fingerprint density at radius 1 is 1.23 bits per heavy atom. The van der Waals surface area contributed by atoms with Gasteiger partial charge in [0.25, 0.3) is 0 Å². The zero-order valence-electron chi connectivity index (χ0n) is 12.8. The molecule has 0 unspecified atom stereocenters. The standard InChI is InChI=1S/C17H21N3O2/c1-13-11-15(13)17(22)20-9-7-19(8-10-20)16(21)5-4-14-3-2-6-18-12-14/h2-6,12-13,15H,7-11H2,1H3/b5-4-/t13-,15-/m1/s1. The van der Waals surface area contributed by atoms with E-state index in [2.05, 4.69) is 11.9 Å². The highest BCUT2D eigenvalue weighted by Gasteiger charge is 2.42. The number of piperazine rings is 1. The van der Waals surface area contributed by atoms with Gasteiger partial charge in [0.2, 0.25) is 11.8 Å². The Bertz CT molecular complexity index is 577. The second-order valence-corrected chi connectivity index (χ2v) is 6.09. The van der Waals surface area contributed by atoms with E-state index in [-0.39, 0.29) is 17.7 Å². The fourth-order valence-corrected chi connectivity index (χ4v) is 2.80. The van der Waals surface area contributed by atoms with Crippen molar-refractivity contribution in [3.8, 4) is 0 Å². The van der Waals surface area contributed by atoms with Crippen LogP contribution in [0.15, 0.2) is 30.6 Å². The lowest BCUT2D eigenvalue weighted by molar-refractivity contribution is -0.138. The molecule has 0 aromatic carbocycles. The van der Waals surface area contributed by atoms with Crippen molar-refractivity contribution in [2.45, 2.75) is 13.3 Å². The summed E-state index contributed by atoms with van der Waals surface area (Å²) in [5.74, 6) is 1.03. The van der Waals surface area contributed by atoms with Gasteiger partial charge < -0.3 is 9.80 Å². The van der Waals surface area contributed by atoms with E-state index in [9.17, 15) is 9.59 Å². The molecule has 2 fully saturated rings. The average molecular weight is 299 g/mol. The molecule has 3 rings (SSSR count). The highest BCUT2D eigenvalue weighted by molar-refractivity contribution is 5.92. The minimum absolute atomic E-state index is 0.00394. The molecule has 2 heterocycles. The normalized spacial score (nSPS) is 24.6. The largest absolute Gasteiger partial charge is 0.339 e. The third-order valence-corrected chi connectivity index (χ3v) is 4.43. The predicted octanol–water partition coefficient (Wildman–Crippen LogP) is 1.42. The minimum atomic E-state index is -0.00394. The van der Waals surface area contributed by atoms with Crippen LogP contribution in [0, 0.1) is 11.8 Å². The summed E-state index contributed by atoms with van der Waals surface area (Å²) in [5.41, 5.74) is 0.910. The first-order chi connectivity index (χ1) is 10.6. The quantitative estimate of drug-likeness (QED) is 0.793. The SMILES string of the molecule is C[C@@H]1C[C@H]1C(=O)N1CCN(C(=O)/C=C\c2cccnc2)CC1. The molecule has 22 heavy (non-hydrogen) atoms. The van der Waals surface area contributed by atoms with Gasteiger partial charge in [0.05, 0.1) is 0 Å². The summed E-state index contributed by atoms with van der Waals surface area (Å²) >= 11 is 0. The fraction of sp³-hybridized carbons (Fsp3) is 0.471. The van der Waals surface area contributed by atoms with Gasteiger partial charge in [0, 0.05) is 50.6 Å². The van der Waals surface area contributed by atoms with Crippen molar-refractivity contribution < 1.29 is 9.59 Å². The lowest BCUT2D eigenvalue weighted by Crippen LogP contribution is -2.50. The Labute approximate surface area is 130 Å². The maximum Gasteiger partial charge on any atom is 0.246 e. The highest BCUT2D eigenvalue weighted by atomic mass is 16.2. The number of rotatable bonds is 3. The van der Waals surface area contributed by atoms with Crippen LogP contribution in [0.5, 0.6) is 0 Å². The number of pyridine rings is 1. The molecule has 1 aromatic heterocycles.